The van der Waals surface area contributed by atoms with Gasteiger partial charge in [-0.15, -0.1) is 0 Å². The van der Waals surface area contributed by atoms with E-state index < -0.39 is 0 Å². The monoisotopic (exact) mass is 439 g/mol. The van der Waals surface area contributed by atoms with E-state index in [1.165, 1.54) is 130 Å². The van der Waals surface area contributed by atoms with Crippen LogP contribution < -0.4 is 0 Å². The quantitative estimate of drug-likeness (QED) is 0.545. The Kier molecular flexibility index (Phi) is 15.0. The first-order valence-electron chi connectivity index (χ1n) is 13.4. The van der Waals surface area contributed by atoms with Crippen molar-refractivity contribution in [3.63, 3.8) is 0 Å². The first-order valence-corrected chi connectivity index (χ1v) is 13.4. The third kappa shape index (κ3) is 12.0. The van der Waals surface area contributed by atoms with Crippen molar-refractivity contribution in [3.05, 3.63) is 0 Å². The minimum absolute atomic E-state index is 0.844. The van der Waals surface area contributed by atoms with Crippen LogP contribution in [0, 0.1) is 0 Å². The molecule has 4 aliphatic rings. The Morgan fingerprint density at radius 3 is 1.26 bits per heavy atom. The van der Waals surface area contributed by atoms with Crippen LogP contribution in [-0.2, 0) is 4.74 Å². The van der Waals surface area contributed by atoms with Crippen molar-refractivity contribution < 1.29 is 4.74 Å². The fraction of sp³-hybridized carbons (Fsp3) is 1.00. The molecule has 0 aromatic heterocycles. The summed E-state index contributed by atoms with van der Waals surface area (Å²) in [6.45, 7) is 23.5. The molecule has 184 valence electrons. The van der Waals surface area contributed by atoms with Crippen LogP contribution in [0.5, 0.6) is 0 Å². The van der Waals surface area contributed by atoms with Crippen LogP contribution in [0.1, 0.15) is 72.1 Å². The van der Waals surface area contributed by atoms with Gasteiger partial charge in [0.2, 0.25) is 0 Å². The zero-order chi connectivity index (χ0) is 22.2. The first-order chi connectivity index (χ1) is 15.2. The van der Waals surface area contributed by atoms with Crippen LogP contribution in [0.2, 0.25) is 0 Å². The van der Waals surface area contributed by atoms with Gasteiger partial charge in [-0.1, -0.05) is 13.8 Å². The van der Waals surface area contributed by atoms with Gasteiger partial charge >= 0.3 is 0 Å². The number of hydrogen-bond acceptors (Lipinski definition) is 6. The molecule has 0 unspecified atom stereocenters. The molecule has 0 spiro atoms. The van der Waals surface area contributed by atoms with Crippen LogP contribution in [0.4, 0.5) is 0 Å². The standard InChI is InChI=1S/C12H25N3.C7H15NO.C6H13N/c1-2-13(11-14-7-3-4-8-14)12-15-9-5-6-10-15;1-2-9-7-8-5-3-4-6-8;1-2-7-5-3-4-6-7/h2-12H2,1H3;2-7H2,1H3;2-6H2,1H3. The van der Waals surface area contributed by atoms with E-state index >= 15 is 0 Å². The second-order valence-corrected chi connectivity index (χ2v) is 9.51. The highest BCUT2D eigenvalue weighted by Gasteiger charge is 2.18. The van der Waals surface area contributed by atoms with Gasteiger partial charge < -0.3 is 9.64 Å². The molecule has 4 aliphatic heterocycles. The van der Waals surface area contributed by atoms with Crippen LogP contribution in [0.25, 0.3) is 0 Å². The number of nitrogens with zero attached hydrogens (tertiary/aromatic N) is 5. The van der Waals surface area contributed by atoms with Gasteiger partial charge in [-0.2, -0.15) is 0 Å². The molecule has 0 atom stereocenters. The van der Waals surface area contributed by atoms with E-state index in [9.17, 15) is 0 Å². The number of rotatable bonds is 9. The number of likely N-dealkylation sites (tertiary alicyclic amines) is 4. The van der Waals surface area contributed by atoms with Crippen LogP contribution in [0.15, 0.2) is 0 Å². The van der Waals surface area contributed by atoms with Crippen molar-refractivity contribution in [1.82, 2.24) is 24.5 Å². The molecule has 0 radical (unpaired) electrons. The van der Waals surface area contributed by atoms with E-state index in [1.54, 1.807) is 0 Å². The zero-order valence-electron chi connectivity index (χ0n) is 21.2. The van der Waals surface area contributed by atoms with Crippen molar-refractivity contribution in [3.8, 4) is 0 Å². The van der Waals surface area contributed by atoms with Gasteiger partial charge in [0.15, 0.2) is 0 Å². The van der Waals surface area contributed by atoms with Crippen molar-refractivity contribution in [2.24, 2.45) is 0 Å². The molecule has 4 rings (SSSR count). The lowest BCUT2D eigenvalue weighted by Gasteiger charge is -2.30. The lowest BCUT2D eigenvalue weighted by Crippen LogP contribution is -2.42. The minimum Gasteiger partial charge on any atom is -0.366 e. The number of ether oxygens (including phenoxy) is 1. The smallest absolute Gasteiger partial charge is 0.0990 e. The molecule has 6 nitrogen and oxygen atoms in total. The maximum atomic E-state index is 5.24. The molecule has 6 heteroatoms. The van der Waals surface area contributed by atoms with Gasteiger partial charge in [0.05, 0.1) is 20.1 Å². The highest BCUT2D eigenvalue weighted by atomic mass is 16.5. The average Bonchev–Trinajstić information content (AvgIpc) is 3.60. The fourth-order valence-electron chi connectivity index (χ4n) is 4.89. The van der Waals surface area contributed by atoms with Crippen LogP contribution in [0.3, 0.4) is 0 Å². The van der Waals surface area contributed by atoms with Gasteiger partial charge in [0.25, 0.3) is 0 Å². The lowest BCUT2D eigenvalue weighted by atomic mass is 10.4. The molecular formula is C25H53N5O. The molecule has 0 bridgehead atoms. The Morgan fingerprint density at radius 1 is 0.548 bits per heavy atom. The van der Waals surface area contributed by atoms with Crippen molar-refractivity contribution in [1.29, 1.82) is 0 Å². The summed E-state index contributed by atoms with van der Waals surface area (Å²) in [4.78, 5) is 12.6. The molecule has 0 aromatic rings. The normalized spacial score (nSPS) is 23.2. The predicted molar refractivity (Wildman–Crippen MR) is 132 cm³/mol. The van der Waals surface area contributed by atoms with Crippen molar-refractivity contribution >= 4 is 0 Å². The Morgan fingerprint density at radius 2 is 0.935 bits per heavy atom. The summed E-state index contributed by atoms with van der Waals surface area (Å²) in [5.74, 6) is 0. The minimum atomic E-state index is 0.844. The van der Waals surface area contributed by atoms with Gasteiger partial charge in [-0.3, -0.25) is 19.6 Å². The van der Waals surface area contributed by atoms with Crippen molar-refractivity contribution in [2.45, 2.75) is 72.1 Å². The predicted octanol–water partition coefficient (Wildman–Crippen LogP) is 3.59. The van der Waals surface area contributed by atoms with E-state index in [2.05, 4.69) is 38.3 Å². The van der Waals surface area contributed by atoms with E-state index in [-0.39, 0.29) is 0 Å². The second kappa shape index (κ2) is 17.3. The van der Waals surface area contributed by atoms with Crippen LogP contribution in [-0.4, -0.2) is 117 Å². The number of hydrogen-bond donors (Lipinski definition) is 0. The van der Waals surface area contributed by atoms with Gasteiger partial charge in [0.1, 0.15) is 0 Å². The third-order valence-electron chi connectivity index (χ3n) is 6.97. The molecule has 31 heavy (non-hydrogen) atoms. The van der Waals surface area contributed by atoms with Gasteiger partial charge in [0, 0.05) is 19.7 Å². The van der Waals surface area contributed by atoms with E-state index in [0.717, 1.165) is 13.3 Å². The highest BCUT2D eigenvalue weighted by molar-refractivity contribution is 4.70. The summed E-state index contributed by atoms with van der Waals surface area (Å²) in [6.07, 6.45) is 11.2. The average molecular weight is 440 g/mol. The van der Waals surface area contributed by atoms with Crippen molar-refractivity contribution in [2.75, 3.05) is 92.1 Å². The fourth-order valence-corrected chi connectivity index (χ4v) is 4.89. The van der Waals surface area contributed by atoms with Gasteiger partial charge in [-0.05, 0) is 111 Å². The molecule has 0 amide bonds. The summed E-state index contributed by atoms with van der Waals surface area (Å²) < 4.78 is 5.24. The van der Waals surface area contributed by atoms with Crippen LogP contribution >= 0.6 is 0 Å². The topological polar surface area (TPSA) is 25.4 Å². The molecule has 4 heterocycles. The molecular weight excluding hydrogens is 386 g/mol. The Hall–Kier alpha value is -0.240. The second-order valence-electron chi connectivity index (χ2n) is 9.51. The first kappa shape index (κ1) is 27.0. The molecule has 0 N–H and O–H groups in total. The zero-order valence-corrected chi connectivity index (χ0v) is 21.2. The third-order valence-corrected chi connectivity index (χ3v) is 6.97. The molecule has 0 aliphatic carbocycles. The van der Waals surface area contributed by atoms with Gasteiger partial charge in [-0.25, -0.2) is 0 Å². The summed E-state index contributed by atoms with van der Waals surface area (Å²) in [5, 5.41) is 0. The molecule has 0 saturated carbocycles. The molecule has 4 saturated heterocycles. The summed E-state index contributed by atoms with van der Waals surface area (Å²) in [5.41, 5.74) is 0. The Labute approximate surface area is 193 Å². The van der Waals surface area contributed by atoms with E-state index in [1.807, 2.05) is 6.92 Å². The lowest BCUT2D eigenvalue weighted by molar-refractivity contribution is 0.0496. The summed E-state index contributed by atoms with van der Waals surface area (Å²) in [7, 11) is 0. The Balaban J connectivity index is 0.000000181. The largest absolute Gasteiger partial charge is 0.366 e. The summed E-state index contributed by atoms with van der Waals surface area (Å²) in [6, 6.07) is 0. The molecule has 0 aromatic carbocycles. The maximum absolute atomic E-state index is 5.24. The van der Waals surface area contributed by atoms with E-state index in [0.29, 0.717) is 0 Å². The van der Waals surface area contributed by atoms with E-state index in [4.69, 9.17) is 4.74 Å². The SMILES string of the molecule is CCN(CN1CCCC1)CN1CCCC1.CCN1CCCC1.CCOCN1CCCC1. The highest BCUT2D eigenvalue weighted by Crippen LogP contribution is 2.11. The Bertz CT molecular complexity index is 383. The molecule has 4 fully saturated rings. The maximum Gasteiger partial charge on any atom is 0.0990 e. The summed E-state index contributed by atoms with van der Waals surface area (Å²) >= 11 is 0.